The van der Waals surface area contributed by atoms with Gasteiger partial charge in [0.1, 0.15) is 0 Å². The van der Waals surface area contributed by atoms with Crippen LogP contribution in [-0.2, 0) is 9.59 Å². The third-order valence-corrected chi connectivity index (χ3v) is 8.82. The molecule has 0 saturated carbocycles. The van der Waals surface area contributed by atoms with E-state index in [9.17, 15) is 9.59 Å². The molecule has 1 aliphatic rings. The summed E-state index contributed by atoms with van der Waals surface area (Å²) in [7, 11) is 0. The van der Waals surface area contributed by atoms with E-state index in [1.54, 1.807) is 11.3 Å². The Labute approximate surface area is 218 Å². The predicted molar refractivity (Wildman–Crippen MR) is 132 cm³/mol. The normalized spacial score (nSPS) is 15.8. The molecule has 1 aliphatic heterocycles. The van der Waals surface area contributed by atoms with Gasteiger partial charge in [-0.3, -0.25) is 0 Å². The molecule has 0 spiro atoms. The van der Waals surface area contributed by atoms with Crippen LogP contribution in [0.3, 0.4) is 0 Å². The number of nitrogens with zero attached hydrogens (tertiary/aromatic N) is 4. The SMILES string of the molecule is [B][I-]C(=O)C(CC)C1N=C(c2ccc(NC(=O)CCl)cc2)c2c(sc(C)c2C)-n2c(C)nnc21. The summed E-state index contributed by atoms with van der Waals surface area (Å²) >= 11 is 6.20. The molecule has 2 aromatic heterocycles. The average Bonchev–Trinajstić information content (AvgIpc) is 3.31. The van der Waals surface area contributed by atoms with Crippen molar-refractivity contribution in [1.29, 1.82) is 0 Å². The van der Waals surface area contributed by atoms with Crippen molar-refractivity contribution >= 4 is 49.7 Å². The molecule has 0 aliphatic carbocycles. The maximum absolute atomic E-state index is 12.9. The van der Waals surface area contributed by atoms with Crippen molar-refractivity contribution in [1.82, 2.24) is 14.8 Å². The van der Waals surface area contributed by atoms with E-state index in [-0.39, 0.29) is 21.5 Å². The zero-order valence-electron chi connectivity index (χ0n) is 19.2. The minimum atomic E-state index is -1.08. The van der Waals surface area contributed by atoms with E-state index in [0.717, 1.165) is 33.2 Å². The molecule has 2 atom stereocenters. The summed E-state index contributed by atoms with van der Waals surface area (Å²) in [6.07, 6.45) is 0.609. The fourth-order valence-corrected chi connectivity index (χ4v) is 6.63. The number of aromatic nitrogens is 3. The number of aryl methyl sites for hydroxylation is 2. The van der Waals surface area contributed by atoms with E-state index in [4.69, 9.17) is 22.3 Å². The number of thiophene rings is 1. The van der Waals surface area contributed by atoms with Gasteiger partial charge < -0.3 is 0 Å². The van der Waals surface area contributed by atoms with Crippen LogP contribution in [0.5, 0.6) is 0 Å². The summed E-state index contributed by atoms with van der Waals surface area (Å²) < 4.78 is 2.10. The quantitative estimate of drug-likeness (QED) is 0.189. The molecule has 1 amide bonds. The third kappa shape index (κ3) is 4.47. The second kappa shape index (κ2) is 10.3. The van der Waals surface area contributed by atoms with Crippen LogP contribution in [-0.4, -0.2) is 41.8 Å². The molecular weight excluding hydrogens is 584 g/mol. The summed E-state index contributed by atoms with van der Waals surface area (Å²) in [4.78, 5) is 30.9. The number of anilines is 1. The Morgan fingerprint density at radius 1 is 1.24 bits per heavy atom. The maximum atomic E-state index is 12.9. The predicted octanol–water partition coefficient (Wildman–Crippen LogP) is 1.05. The molecule has 0 fully saturated rings. The minimum absolute atomic E-state index is 0.0545. The van der Waals surface area contributed by atoms with Gasteiger partial charge in [0.2, 0.25) is 0 Å². The zero-order chi connectivity index (χ0) is 24.6. The molecule has 176 valence electrons. The first kappa shape index (κ1) is 25.1. The first-order chi connectivity index (χ1) is 16.3. The van der Waals surface area contributed by atoms with E-state index >= 15 is 0 Å². The van der Waals surface area contributed by atoms with Crippen molar-refractivity contribution in [3.63, 3.8) is 0 Å². The molecule has 4 rings (SSSR count). The van der Waals surface area contributed by atoms with Crippen LogP contribution in [0.2, 0.25) is 0 Å². The number of nitrogens with one attached hydrogen (secondary N) is 1. The topological polar surface area (TPSA) is 89.2 Å². The number of rotatable bonds is 7. The number of alkyl halides is 1. The van der Waals surface area contributed by atoms with Gasteiger partial charge in [-0.05, 0) is 0 Å². The van der Waals surface area contributed by atoms with Gasteiger partial charge in [-0.1, -0.05) is 0 Å². The summed E-state index contributed by atoms with van der Waals surface area (Å²) in [6.45, 7) is 8.07. The van der Waals surface area contributed by atoms with Crippen molar-refractivity contribution in [3.8, 4) is 5.00 Å². The Hall–Kier alpha value is -2.05. The molecule has 0 saturated heterocycles. The summed E-state index contributed by atoms with van der Waals surface area (Å²) in [5.41, 5.74) is 10.3. The van der Waals surface area contributed by atoms with Crippen LogP contribution >= 0.6 is 22.9 Å². The molecule has 0 bridgehead atoms. The van der Waals surface area contributed by atoms with Gasteiger partial charge in [0.05, 0.1) is 0 Å². The van der Waals surface area contributed by atoms with Gasteiger partial charge in [0.25, 0.3) is 0 Å². The second-order valence-corrected chi connectivity index (χ2v) is 11.2. The van der Waals surface area contributed by atoms with Crippen LogP contribution in [0.25, 0.3) is 5.00 Å². The van der Waals surface area contributed by atoms with Crippen molar-refractivity contribution in [2.75, 3.05) is 11.2 Å². The van der Waals surface area contributed by atoms with Crippen molar-refractivity contribution in [2.45, 2.75) is 40.2 Å². The van der Waals surface area contributed by atoms with Crippen LogP contribution in [0.4, 0.5) is 5.69 Å². The van der Waals surface area contributed by atoms with Gasteiger partial charge in [-0.2, -0.15) is 0 Å². The number of carbonyl (C=O) groups excluding carboxylic acids is 2. The van der Waals surface area contributed by atoms with E-state index in [1.165, 1.54) is 4.88 Å². The van der Waals surface area contributed by atoms with Gasteiger partial charge in [0, 0.05) is 0 Å². The Bertz CT molecular complexity index is 1290. The number of benzene rings is 1. The average molecular weight is 607 g/mol. The van der Waals surface area contributed by atoms with Crippen molar-refractivity contribution in [2.24, 2.45) is 10.9 Å². The number of aliphatic imine (C=N–C) groups is 1. The van der Waals surface area contributed by atoms with Crippen LogP contribution in [0.1, 0.15) is 52.6 Å². The summed E-state index contributed by atoms with van der Waals surface area (Å²) in [5.74, 6) is 0.673. The monoisotopic (exact) mass is 606 g/mol. The Morgan fingerprint density at radius 3 is 2.56 bits per heavy atom. The fourth-order valence-electron chi connectivity index (χ4n) is 4.11. The molecule has 7 nitrogen and oxygen atoms in total. The van der Waals surface area contributed by atoms with Crippen LogP contribution < -0.4 is 26.3 Å². The molecule has 34 heavy (non-hydrogen) atoms. The van der Waals surface area contributed by atoms with Gasteiger partial charge in [-0.25, -0.2) is 0 Å². The number of fused-ring (bicyclic) bond motifs is 3. The second-order valence-electron chi connectivity index (χ2n) is 8.01. The molecule has 1 N–H and O–H groups in total. The number of hydrogen-bond acceptors (Lipinski definition) is 6. The Balaban J connectivity index is 1.94. The zero-order valence-corrected chi connectivity index (χ0v) is 23.0. The van der Waals surface area contributed by atoms with Crippen molar-refractivity contribution in [3.05, 3.63) is 57.5 Å². The molecule has 2 unspecified atom stereocenters. The molecule has 2 radical (unpaired) electrons. The van der Waals surface area contributed by atoms with E-state index in [0.29, 0.717) is 17.9 Å². The van der Waals surface area contributed by atoms with Gasteiger partial charge in [0.15, 0.2) is 0 Å². The first-order valence-corrected chi connectivity index (χ1v) is 14.4. The van der Waals surface area contributed by atoms with Gasteiger partial charge in [-0.15, -0.1) is 11.6 Å². The van der Waals surface area contributed by atoms with Crippen LogP contribution in [0, 0.1) is 26.7 Å². The van der Waals surface area contributed by atoms with E-state index in [1.807, 2.05) is 42.7 Å². The number of halogens is 2. The third-order valence-electron chi connectivity index (χ3n) is 5.97. The molecule has 3 aromatic rings. The number of hydrogen-bond donors (Lipinski definition) is 1. The van der Waals surface area contributed by atoms with E-state index in [2.05, 4.69) is 29.4 Å². The molecule has 11 heteroatoms. The van der Waals surface area contributed by atoms with Crippen LogP contribution in [0.15, 0.2) is 29.3 Å². The Morgan fingerprint density at radius 2 is 1.94 bits per heavy atom. The molecule has 1 aromatic carbocycles. The van der Waals surface area contributed by atoms with E-state index < -0.39 is 27.0 Å². The Kier molecular flexibility index (Phi) is 7.58. The number of amides is 1. The van der Waals surface area contributed by atoms with Gasteiger partial charge >= 0.3 is 208 Å². The number of carbonyl (C=O) groups is 2. The fraction of sp³-hybridized carbons (Fsp3) is 0.348. The summed E-state index contributed by atoms with van der Waals surface area (Å²) in [5, 5.41) is 12.6. The standard InChI is InChI=1S/C23H23BClIN5O2S/c1-5-16(21(33)26-24)20-22-30-29-13(4)31(22)23-18(11(2)12(3)34-23)19(28-20)14-6-8-15(9-7-14)27-17(32)10-25/h6-9,16,20H,5,10H2,1-4H3,(H,27,32)/q-1. The van der Waals surface area contributed by atoms with Crippen molar-refractivity contribution < 1.29 is 30.6 Å². The molecule has 3 heterocycles. The summed E-state index contributed by atoms with van der Waals surface area (Å²) in [6, 6.07) is 7.01. The first-order valence-electron chi connectivity index (χ1n) is 10.7. The molecular formula is C23H23BClIN5O2S-.